The van der Waals surface area contributed by atoms with E-state index >= 15 is 0 Å². The fraction of sp³-hybridized carbons (Fsp3) is 0.111. The summed E-state index contributed by atoms with van der Waals surface area (Å²) >= 11 is 5.82. The van der Waals surface area contributed by atoms with E-state index in [4.69, 9.17) is 16.3 Å². The van der Waals surface area contributed by atoms with Crippen LogP contribution in [0.2, 0.25) is 5.02 Å². The van der Waals surface area contributed by atoms with Gasteiger partial charge < -0.3 is 15.0 Å². The van der Waals surface area contributed by atoms with Crippen LogP contribution in [0, 0.1) is 0 Å². The van der Waals surface area contributed by atoms with Crippen molar-refractivity contribution in [3.05, 3.63) is 75.5 Å². The summed E-state index contributed by atoms with van der Waals surface area (Å²) in [4.78, 5) is 26.1. The standard InChI is InChI=1S/C18H15ClN2O3/c19-14-7-4-12(5-8-14)10-20-17(23)11-24-15-3-1-2-13-6-9-16(22)21-18(13)15/h1-9H,10-11H2,(H,20,23)(H,21,22). The van der Waals surface area contributed by atoms with Gasteiger partial charge >= 0.3 is 0 Å². The molecule has 0 spiro atoms. The highest BCUT2D eigenvalue weighted by Gasteiger charge is 2.06. The van der Waals surface area contributed by atoms with Crippen LogP contribution in [0.15, 0.2) is 59.4 Å². The normalized spacial score (nSPS) is 10.5. The average Bonchev–Trinajstić information content (AvgIpc) is 2.59. The molecule has 0 aliphatic carbocycles. The number of H-pyrrole nitrogens is 1. The van der Waals surface area contributed by atoms with E-state index in [0.29, 0.717) is 22.8 Å². The van der Waals surface area contributed by atoms with Crippen molar-refractivity contribution in [1.82, 2.24) is 10.3 Å². The molecular weight excluding hydrogens is 328 g/mol. The highest BCUT2D eigenvalue weighted by Crippen LogP contribution is 2.21. The lowest BCUT2D eigenvalue weighted by atomic mass is 10.2. The summed E-state index contributed by atoms with van der Waals surface area (Å²) in [6.07, 6.45) is 0. The molecule has 0 bridgehead atoms. The van der Waals surface area contributed by atoms with Gasteiger partial charge in [0.15, 0.2) is 6.61 Å². The quantitative estimate of drug-likeness (QED) is 0.749. The van der Waals surface area contributed by atoms with Gasteiger partial charge in [0.2, 0.25) is 5.56 Å². The van der Waals surface area contributed by atoms with Gasteiger partial charge in [-0.2, -0.15) is 0 Å². The molecule has 24 heavy (non-hydrogen) atoms. The molecule has 1 heterocycles. The Morgan fingerprint density at radius 3 is 2.67 bits per heavy atom. The number of rotatable bonds is 5. The molecule has 6 heteroatoms. The average molecular weight is 343 g/mol. The molecule has 0 saturated carbocycles. The lowest BCUT2D eigenvalue weighted by Gasteiger charge is -2.09. The number of aromatic amines is 1. The van der Waals surface area contributed by atoms with Crippen molar-refractivity contribution in [2.45, 2.75) is 6.54 Å². The first-order valence-corrected chi connectivity index (χ1v) is 7.75. The Bertz CT molecular complexity index is 919. The second kappa shape index (κ2) is 7.19. The molecule has 3 aromatic rings. The smallest absolute Gasteiger partial charge is 0.258 e. The van der Waals surface area contributed by atoms with Gasteiger partial charge in [0.05, 0.1) is 5.52 Å². The van der Waals surface area contributed by atoms with Gasteiger partial charge in [0.1, 0.15) is 5.75 Å². The molecule has 1 aromatic heterocycles. The van der Waals surface area contributed by atoms with E-state index in [0.717, 1.165) is 10.9 Å². The molecule has 2 aromatic carbocycles. The predicted molar refractivity (Wildman–Crippen MR) is 93.4 cm³/mol. The highest BCUT2D eigenvalue weighted by molar-refractivity contribution is 6.30. The van der Waals surface area contributed by atoms with E-state index in [-0.39, 0.29) is 18.1 Å². The Kier molecular flexibility index (Phi) is 4.82. The van der Waals surface area contributed by atoms with Crippen LogP contribution in [0.25, 0.3) is 10.9 Å². The number of carbonyl (C=O) groups excluding carboxylic acids is 1. The first-order valence-electron chi connectivity index (χ1n) is 7.38. The third-order valence-corrected chi connectivity index (χ3v) is 3.73. The number of benzene rings is 2. The molecule has 0 aliphatic rings. The Morgan fingerprint density at radius 2 is 1.88 bits per heavy atom. The van der Waals surface area contributed by atoms with Gasteiger partial charge in [0.25, 0.3) is 5.91 Å². The molecule has 1 amide bonds. The number of halogens is 1. The van der Waals surface area contributed by atoms with E-state index in [1.54, 1.807) is 24.3 Å². The zero-order chi connectivity index (χ0) is 16.9. The monoisotopic (exact) mass is 342 g/mol. The third-order valence-electron chi connectivity index (χ3n) is 3.48. The summed E-state index contributed by atoms with van der Waals surface area (Å²) in [7, 11) is 0. The number of fused-ring (bicyclic) bond motifs is 1. The largest absolute Gasteiger partial charge is 0.482 e. The van der Waals surface area contributed by atoms with E-state index < -0.39 is 0 Å². The van der Waals surface area contributed by atoms with Gasteiger partial charge in [-0.15, -0.1) is 0 Å². The fourth-order valence-electron chi connectivity index (χ4n) is 2.27. The second-order valence-corrected chi connectivity index (χ2v) is 5.67. The molecule has 0 atom stereocenters. The van der Waals surface area contributed by atoms with Crippen molar-refractivity contribution in [3.8, 4) is 5.75 Å². The van der Waals surface area contributed by atoms with Crippen molar-refractivity contribution in [1.29, 1.82) is 0 Å². The first kappa shape index (κ1) is 16.1. The number of hydrogen-bond donors (Lipinski definition) is 2. The molecule has 0 saturated heterocycles. The van der Waals surface area contributed by atoms with Crippen molar-refractivity contribution in [2.75, 3.05) is 6.61 Å². The summed E-state index contributed by atoms with van der Waals surface area (Å²) in [5.74, 6) is 0.215. The minimum absolute atomic E-state index is 0.135. The van der Waals surface area contributed by atoms with Crippen LogP contribution < -0.4 is 15.6 Å². The third kappa shape index (κ3) is 3.94. The molecule has 2 N–H and O–H groups in total. The Hall–Kier alpha value is -2.79. The van der Waals surface area contributed by atoms with Crippen LogP contribution in [0.3, 0.4) is 0 Å². The van der Waals surface area contributed by atoms with Crippen molar-refractivity contribution < 1.29 is 9.53 Å². The second-order valence-electron chi connectivity index (χ2n) is 5.23. The van der Waals surface area contributed by atoms with Crippen LogP contribution in [-0.2, 0) is 11.3 Å². The van der Waals surface area contributed by atoms with E-state index in [9.17, 15) is 9.59 Å². The molecule has 0 unspecified atom stereocenters. The van der Waals surface area contributed by atoms with Gasteiger partial charge in [-0.25, -0.2) is 0 Å². The van der Waals surface area contributed by atoms with Crippen LogP contribution >= 0.6 is 11.6 Å². The highest BCUT2D eigenvalue weighted by atomic mass is 35.5. The number of para-hydroxylation sites is 1. The van der Waals surface area contributed by atoms with Crippen LogP contribution in [-0.4, -0.2) is 17.5 Å². The Balaban J connectivity index is 1.61. The van der Waals surface area contributed by atoms with E-state index in [1.807, 2.05) is 24.3 Å². The van der Waals surface area contributed by atoms with Gasteiger partial charge in [-0.3, -0.25) is 9.59 Å². The van der Waals surface area contributed by atoms with Crippen LogP contribution in [0.1, 0.15) is 5.56 Å². The maximum atomic E-state index is 11.9. The molecular formula is C18H15ClN2O3. The SMILES string of the molecule is O=C(COc1cccc2ccc(=O)[nH]c12)NCc1ccc(Cl)cc1. The van der Waals surface area contributed by atoms with Gasteiger partial charge in [-0.05, 0) is 29.8 Å². The lowest BCUT2D eigenvalue weighted by molar-refractivity contribution is -0.123. The predicted octanol–water partition coefficient (Wildman–Crippen LogP) is 2.88. The van der Waals surface area contributed by atoms with Crippen molar-refractivity contribution in [2.24, 2.45) is 0 Å². The summed E-state index contributed by atoms with van der Waals surface area (Å²) in [6.45, 7) is 0.259. The maximum Gasteiger partial charge on any atom is 0.258 e. The number of hydrogen-bond acceptors (Lipinski definition) is 3. The molecule has 0 radical (unpaired) electrons. The number of nitrogens with one attached hydrogen (secondary N) is 2. The number of carbonyl (C=O) groups is 1. The molecule has 0 fully saturated rings. The lowest BCUT2D eigenvalue weighted by Crippen LogP contribution is -2.28. The zero-order valence-electron chi connectivity index (χ0n) is 12.7. The number of amides is 1. The van der Waals surface area contributed by atoms with Crippen molar-refractivity contribution >= 4 is 28.4 Å². The minimum atomic E-state index is -0.250. The number of ether oxygens (including phenoxy) is 1. The first-order chi connectivity index (χ1) is 11.6. The van der Waals surface area contributed by atoms with Crippen LogP contribution in [0.5, 0.6) is 5.75 Å². The maximum absolute atomic E-state index is 11.9. The fourth-order valence-corrected chi connectivity index (χ4v) is 2.39. The van der Waals surface area contributed by atoms with Gasteiger partial charge in [0, 0.05) is 23.0 Å². The van der Waals surface area contributed by atoms with E-state index in [1.165, 1.54) is 6.07 Å². The number of pyridine rings is 1. The molecule has 5 nitrogen and oxygen atoms in total. The van der Waals surface area contributed by atoms with E-state index in [2.05, 4.69) is 10.3 Å². The summed E-state index contributed by atoms with van der Waals surface area (Å²) < 4.78 is 5.54. The summed E-state index contributed by atoms with van der Waals surface area (Å²) in [6, 6.07) is 15.8. The topological polar surface area (TPSA) is 71.2 Å². The van der Waals surface area contributed by atoms with Crippen molar-refractivity contribution in [3.63, 3.8) is 0 Å². The van der Waals surface area contributed by atoms with Crippen LogP contribution in [0.4, 0.5) is 0 Å². The molecule has 122 valence electrons. The minimum Gasteiger partial charge on any atom is -0.482 e. The Labute approximate surface area is 143 Å². The zero-order valence-corrected chi connectivity index (χ0v) is 13.5. The summed E-state index contributed by atoms with van der Waals surface area (Å²) in [5, 5.41) is 4.26. The summed E-state index contributed by atoms with van der Waals surface area (Å²) in [5.41, 5.74) is 1.31. The Morgan fingerprint density at radius 1 is 1.08 bits per heavy atom. The van der Waals surface area contributed by atoms with Gasteiger partial charge in [-0.1, -0.05) is 35.9 Å². The molecule has 0 aliphatic heterocycles. The number of aromatic nitrogens is 1. The molecule has 3 rings (SSSR count).